The number of amides is 2. The number of aliphatic hydroxyl groups excluding tert-OH is 1. The lowest BCUT2D eigenvalue weighted by Gasteiger charge is -2.46. The number of fused-ring (bicyclic) bond motifs is 4. The van der Waals surface area contributed by atoms with E-state index in [2.05, 4.69) is 22.1 Å². The zero-order valence-corrected chi connectivity index (χ0v) is 37.3. The largest absolute Gasteiger partial charge is 0.497 e. The van der Waals surface area contributed by atoms with E-state index < -0.39 is 47.4 Å². The summed E-state index contributed by atoms with van der Waals surface area (Å²) >= 11 is 0. The number of morpholine rings is 1. The number of rotatable bonds is 10. The van der Waals surface area contributed by atoms with Gasteiger partial charge in [-0.25, -0.2) is 0 Å². The second-order valence-corrected chi connectivity index (χ2v) is 17.1. The fourth-order valence-electron chi connectivity index (χ4n) is 10.7. The van der Waals surface area contributed by atoms with Crippen molar-refractivity contribution in [1.29, 1.82) is 0 Å². The molecule has 0 aliphatic carbocycles. The van der Waals surface area contributed by atoms with Gasteiger partial charge in [0.2, 0.25) is 11.8 Å². The van der Waals surface area contributed by atoms with Crippen molar-refractivity contribution in [2.24, 2.45) is 5.92 Å². The fourth-order valence-corrected chi connectivity index (χ4v) is 10.7. The first-order valence-corrected chi connectivity index (χ1v) is 22.3. The van der Waals surface area contributed by atoms with Gasteiger partial charge in [0.15, 0.2) is 11.5 Å². The van der Waals surface area contributed by atoms with E-state index in [1.807, 2.05) is 133 Å². The summed E-state index contributed by atoms with van der Waals surface area (Å²) in [4.78, 5) is 51.4. The Bertz CT molecular complexity index is 2910. The molecule has 2 saturated heterocycles. The van der Waals surface area contributed by atoms with Crippen molar-refractivity contribution < 1.29 is 43.2 Å². The van der Waals surface area contributed by atoms with Crippen LogP contribution in [-0.4, -0.2) is 79.8 Å². The molecule has 0 aromatic heterocycles. The number of cyclic esters (lactones) is 1. The molecule has 2 amide bonds. The van der Waals surface area contributed by atoms with Crippen molar-refractivity contribution in [1.82, 2.24) is 9.80 Å². The standard InChI is InChI=1S/C55H49N3O9/c1-63-40-23-20-34(21-24-40)18-19-35-22-25-43-42(30-35)55(54(62)56-43)47(52(60)57-27-26-38-31-45(64-2)46(65-3)32-39(38)33-57)49-53(61)67-50(37-14-8-5-9-15-37)48(36-12-6-4-7-13-36)58(49)51(55)41-16-10-11-17-44(41)66-29-28-59/h4-17,20-25,30-32,47-51,59H,26-29,33H2,1-3H3,(H,56,62)/t47-,48-,49-,50+,51+,55-/m0/s1. The maximum atomic E-state index is 16.2. The highest BCUT2D eigenvalue weighted by Crippen LogP contribution is 2.66. The Labute approximate surface area is 389 Å². The topological polar surface area (TPSA) is 136 Å². The maximum Gasteiger partial charge on any atom is 0.324 e. The molecule has 2 N–H and O–H groups in total. The second-order valence-electron chi connectivity index (χ2n) is 17.1. The number of esters is 1. The van der Waals surface area contributed by atoms with Crippen LogP contribution in [0.4, 0.5) is 5.69 Å². The number of carbonyl (C=O) groups excluding carboxylic acids is 3. The van der Waals surface area contributed by atoms with Crippen molar-refractivity contribution in [2.45, 2.75) is 42.6 Å². The van der Waals surface area contributed by atoms with Crippen molar-refractivity contribution in [2.75, 3.05) is 46.4 Å². The highest BCUT2D eigenvalue weighted by atomic mass is 16.6. The molecule has 0 bridgehead atoms. The van der Waals surface area contributed by atoms with Crippen LogP contribution in [0.1, 0.15) is 62.7 Å². The maximum absolute atomic E-state index is 16.2. The summed E-state index contributed by atoms with van der Waals surface area (Å²) in [6.07, 6.45) is -0.348. The lowest BCUT2D eigenvalue weighted by molar-refractivity contribution is -0.179. The van der Waals surface area contributed by atoms with Gasteiger partial charge >= 0.3 is 5.97 Å². The van der Waals surface area contributed by atoms with Crippen LogP contribution >= 0.6 is 0 Å². The molecule has 4 heterocycles. The van der Waals surface area contributed by atoms with Crippen LogP contribution in [0.5, 0.6) is 23.0 Å². The molecule has 12 nitrogen and oxygen atoms in total. The quantitative estimate of drug-likeness (QED) is 0.106. The minimum absolute atomic E-state index is 0.0331. The summed E-state index contributed by atoms with van der Waals surface area (Å²) in [6.45, 7) is 0.210. The van der Waals surface area contributed by atoms with Gasteiger partial charge in [0.05, 0.1) is 45.9 Å². The first kappa shape index (κ1) is 43.3. The SMILES string of the molecule is COc1ccc(C#Cc2ccc3c(c2)[C@]2(C(=O)N3)[C@H](C(=O)N3CCc4cc(OC)c(OC)cc4C3)[C@H]3C(=O)O[C@H](c4ccccc4)[C@H](c4ccccc4)N3[C@@H]2c2ccccc2OCCO)cc1. The van der Waals surface area contributed by atoms with Gasteiger partial charge < -0.3 is 39.0 Å². The Hall–Kier alpha value is -7.59. The molecular weight excluding hydrogens is 847 g/mol. The van der Waals surface area contributed by atoms with Gasteiger partial charge in [-0.3, -0.25) is 19.3 Å². The van der Waals surface area contributed by atoms with Crippen LogP contribution in [0.3, 0.4) is 0 Å². The third kappa shape index (κ3) is 7.41. The third-order valence-corrected chi connectivity index (χ3v) is 13.6. The van der Waals surface area contributed by atoms with Gasteiger partial charge in [0, 0.05) is 35.5 Å². The third-order valence-electron chi connectivity index (χ3n) is 13.6. The Morgan fingerprint density at radius 2 is 1.40 bits per heavy atom. The number of methoxy groups -OCH3 is 3. The summed E-state index contributed by atoms with van der Waals surface area (Å²) in [5.74, 6) is 6.01. The summed E-state index contributed by atoms with van der Waals surface area (Å²) in [7, 11) is 4.77. The van der Waals surface area contributed by atoms with Crippen LogP contribution in [0, 0.1) is 17.8 Å². The zero-order valence-electron chi connectivity index (χ0n) is 37.3. The molecule has 4 aliphatic heterocycles. The molecule has 338 valence electrons. The van der Waals surface area contributed by atoms with E-state index in [4.69, 9.17) is 23.7 Å². The highest BCUT2D eigenvalue weighted by molar-refractivity contribution is 6.12. The van der Waals surface area contributed by atoms with Gasteiger partial charge in [-0.1, -0.05) is 90.7 Å². The predicted molar refractivity (Wildman–Crippen MR) is 250 cm³/mol. The first-order valence-electron chi connectivity index (χ1n) is 22.3. The lowest BCUT2D eigenvalue weighted by atomic mass is 9.64. The Morgan fingerprint density at radius 3 is 2.10 bits per heavy atom. The van der Waals surface area contributed by atoms with E-state index in [-0.39, 0.29) is 25.7 Å². The van der Waals surface area contributed by atoms with Gasteiger partial charge in [-0.05, 0) is 94.9 Å². The number of hydrogen-bond acceptors (Lipinski definition) is 10. The molecule has 12 heteroatoms. The van der Waals surface area contributed by atoms with E-state index >= 15 is 14.4 Å². The van der Waals surface area contributed by atoms with Crippen molar-refractivity contribution in [3.8, 4) is 34.8 Å². The monoisotopic (exact) mass is 895 g/mol. The molecule has 10 rings (SSSR count). The Kier molecular flexibility index (Phi) is 11.6. The number of anilines is 1. The van der Waals surface area contributed by atoms with Crippen LogP contribution in [0.15, 0.2) is 140 Å². The smallest absolute Gasteiger partial charge is 0.324 e. The molecule has 67 heavy (non-hydrogen) atoms. The molecule has 4 aliphatic rings. The van der Waals surface area contributed by atoms with E-state index in [0.29, 0.717) is 58.3 Å². The van der Waals surface area contributed by atoms with Crippen molar-refractivity contribution in [3.63, 3.8) is 0 Å². The molecule has 6 aromatic rings. The molecule has 2 fully saturated rings. The zero-order chi connectivity index (χ0) is 46.2. The predicted octanol–water partition coefficient (Wildman–Crippen LogP) is 7.34. The fraction of sp³-hybridized carbons (Fsp3) is 0.255. The first-order chi connectivity index (χ1) is 32.8. The van der Waals surface area contributed by atoms with Gasteiger partial charge in [-0.2, -0.15) is 0 Å². The van der Waals surface area contributed by atoms with Crippen molar-refractivity contribution >= 4 is 23.5 Å². The number of aliphatic hydroxyl groups is 1. The van der Waals surface area contributed by atoms with Gasteiger partial charge in [0.1, 0.15) is 35.7 Å². The number of nitrogens with zero attached hydrogens (tertiary/aromatic N) is 2. The molecular formula is C55H49N3O9. The van der Waals surface area contributed by atoms with E-state index in [1.54, 1.807) is 32.3 Å². The summed E-state index contributed by atoms with van der Waals surface area (Å²) in [6, 6.07) is 40.5. The Balaban J connectivity index is 1.23. The number of carbonyl (C=O) groups is 3. The van der Waals surface area contributed by atoms with E-state index in [0.717, 1.165) is 27.8 Å². The number of hydrogen-bond donors (Lipinski definition) is 2. The lowest BCUT2D eigenvalue weighted by Crippen LogP contribution is -2.56. The number of benzene rings is 6. The van der Waals surface area contributed by atoms with E-state index in [1.165, 1.54) is 0 Å². The van der Waals surface area contributed by atoms with Crippen LogP contribution in [0.25, 0.3) is 0 Å². The van der Waals surface area contributed by atoms with Gasteiger partial charge in [-0.15, -0.1) is 0 Å². The average Bonchev–Trinajstić information content (AvgIpc) is 3.85. The van der Waals surface area contributed by atoms with E-state index in [9.17, 15) is 5.11 Å². The number of ether oxygens (including phenoxy) is 5. The summed E-state index contributed by atoms with van der Waals surface area (Å²) in [5, 5.41) is 13.3. The van der Waals surface area contributed by atoms with Gasteiger partial charge in [0.25, 0.3) is 0 Å². The minimum Gasteiger partial charge on any atom is -0.497 e. The normalized spacial score (nSPS) is 22.6. The van der Waals surface area contributed by atoms with Crippen LogP contribution in [0.2, 0.25) is 0 Å². The Morgan fingerprint density at radius 1 is 0.746 bits per heavy atom. The van der Waals surface area contributed by atoms with Crippen LogP contribution in [-0.2, 0) is 37.5 Å². The number of para-hydroxylation sites is 1. The molecule has 6 atom stereocenters. The van der Waals surface area contributed by atoms with Crippen molar-refractivity contribution in [3.05, 3.63) is 184 Å². The molecule has 6 aromatic carbocycles. The second kappa shape index (κ2) is 18.0. The number of nitrogens with one attached hydrogen (secondary N) is 1. The van der Waals surface area contributed by atoms with Crippen LogP contribution < -0.4 is 24.3 Å². The molecule has 0 unspecified atom stereocenters. The molecule has 0 radical (unpaired) electrons. The molecule has 1 spiro atoms. The summed E-state index contributed by atoms with van der Waals surface area (Å²) < 4.78 is 29.7. The minimum atomic E-state index is -1.77. The molecule has 0 saturated carbocycles. The average molecular weight is 896 g/mol. The highest BCUT2D eigenvalue weighted by Gasteiger charge is 2.74. The summed E-state index contributed by atoms with van der Waals surface area (Å²) in [5.41, 5.74) is 4.61.